The predicted molar refractivity (Wildman–Crippen MR) is 84.7 cm³/mol. The van der Waals surface area contributed by atoms with E-state index in [-0.39, 0.29) is 17.4 Å². The van der Waals surface area contributed by atoms with Gasteiger partial charge in [-0.15, -0.1) is 5.10 Å². The number of imidazole rings is 1. The Morgan fingerprint density at radius 2 is 2.08 bits per heavy atom. The fraction of sp³-hybridized carbons (Fsp3) is 0.250. The molecule has 0 bridgehead atoms. The Balaban J connectivity index is 1.47. The zero-order valence-corrected chi connectivity index (χ0v) is 13.0. The van der Waals surface area contributed by atoms with Gasteiger partial charge < -0.3 is 9.88 Å². The molecule has 1 aromatic carbocycles. The number of halogens is 1. The highest BCUT2D eigenvalue weighted by Crippen LogP contribution is 2.05. The highest BCUT2D eigenvalue weighted by Gasteiger charge is 2.10. The van der Waals surface area contributed by atoms with Crippen LogP contribution in [0.25, 0.3) is 0 Å². The number of carbonyl (C=O) groups excluding carboxylic acids is 1. The molecule has 0 saturated heterocycles. The van der Waals surface area contributed by atoms with Gasteiger partial charge in [-0.05, 0) is 24.1 Å². The Hall–Kier alpha value is -3.03. The van der Waals surface area contributed by atoms with Crippen molar-refractivity contribution in [3.8, 4) is 0 Å². The molecule has 0 radical (unpaired) electrons. The summed E-state index contributed by atoms with van der Waals surface area (Å²) in [4.78, 5) is 16.0. The minimum absolute atomic E-state index is 0.258. The van der Waals surface area contributed by atoms with Crippen LogP contribution in [-0.4, -0.2) is 37.0 Å². The molecule has 8 heteroatoms. The Kier molecular flexibility index (Phi) is 4.95. The molecule has 2 heterocycles. The standard InChI is InChI=1S/C16H17FN6O/c17-14-4-2-13(3-5-14)10-23-11-15(20-21-23)16(24)19-6-1-8-22-9-7-18-12-22/h2-5,7,9,11-12H,1,6,8,10H2,(H,19,24). The van der Waals surface area contributed by atoms with Crippen LogP contribution < -0.4 is 5.32 Å². The molecule has 0 atom stereocenters. The molecule has 0 unspecified atom stereocenters. The summed E-state index contributed by atoms with van der Waals surface area (Å²) in [6.45, 7) is 1.76. The first-order chi connectivity index (χ1) is 11.7. The van der Waals surface area contributed by atoms with Gasteiger partial charge in [0.2, 0.25) is 0 Å². The van der Waals surface area contributed by atoms with Crippen molar-refractivity contribution in [1.29, 1.82) is 0 Å². The van der Waals surface area contributed by atoms with E-state index in [4.69, 9.17) is 0 Å². The van der Waals surface area contributed by atoms with E-state index >= 15 is 0 Å². The molecular weight excluding hydrogens is 311 g/mol. The molecule has 0 saturated carbocycles. The quantitative estimate of drug-likeness (QED) is 0.667. The molecule has 124 valence electrons. The van der Waals surface area contributed by atoms with Gasteiger partial charge in [-0.2, -0.15) is 0 Å². The normalized spacial score (nSPS) is 10.7. The minimum Gasteiger partial charge on any atom is -0.351 e. The van der Waals surface area contributed by atoms with Gasteiger partial charge in [0.25, 0.3) is 5.91 Å². The summed E-state index contributed by atoms with van der Waals surface area (Å²) < 4.78 is 16.4. The third-order valence-corrected chi connectivity index (χ3v) is 3.47. The molecule has 0 aliphatic rings. The van der Waals surface area contributed by atoms with Crippen molar-refractivity contribution in [3.05, 3.63) is 66.3 Å². The van der Waals surface area contributed by atoms with Crippen LogP contribution in [-0.2, 0) is 13.1 Å². The van der Waals surface area contributed by atoms with Crippen molar-refractivity contribution >= 4 is 5.91 Å². The van der Waals surface area contributed by atoms with Crippen molar-refractivity contribution in [1.82, 2.24) is 29.9 Å². The van der Waals surface area contributed by atoms with Gasteiger partial charge in [-0.25, -0.2) is 14.1 Å². The summed E-state index contributed by atoms with van der Waals surface area (Å²) in [5, 5.41) is 10.6. The third-order valence-electron chi connectivity index (χ3n) is 3.47. The topological polar surface area (TPSA) is 77.6 Å². The molecule has 24 heavy (non-hydrogen) atoms. The molecule has 0 spiro atoms. The molecule has 0 aliphatic carbocycles. The van der Waals surface area contributed by atoms with E-state index in [1.165, 1.54) is 12.1 Å². The van der Waals surface area contributed by atoms with Crippen LogP contribution in [0.1, 0.15) is 22.5 Å². The molecule has 0 fully saturated rings. The van der Waals surface area contributed by atoms with E-state index in [0.717, 1.165) is 18.5 Å². The second-order valence-electron chi connectivity index (χ2n) is 5.34. The minimum atomic E-state index is -0.284. The number of hydrogen-bond acceptors (Lipinski definition) is 4. The number of aromatic nitrogens is 5. The highest BCUT2D eigenvalue weighted by molar-refractivity contribution is 5.91. The van der Waals surface area contributed by atoms with Crippen LogP contribution >= 0.6 is 0 Å². The lowest BCUT2D eigenvalue weighted by Crippen LogP contribution is -2.25. The lowest BCUT2D eigenvalue weighted by atomic mass is 10.2. The van der Waals surface area contributed by atoms with Gasteiger partial charge >= 0.3 is 0 Å². The maximum Gasteiger partial charge on any atom is 0.273 e. The average molecular weight is 328 g/mol. The van der Waals surface area contributed by atoms with Crippen LogP contribution in [0.4, 0.5) is 4.39 Å². The number of nitrogens with one attached hydrogen (secondary N) is 1. The summed E-state index contributed by atoms with van der Waals surface area (Å²) in [5.74, 6) is -0.543. The molecule has 2 aromatic heterocycles. The first-order valence-electron chi connectivity index (χ1n) is 7.59. The molecule has 7 nitrogen and oxygen atoms in total. The third kappa shape index (κ3) is 4.25. The van der Waals surface area contributed by atoms with E-state index in [9.17, 15) is 9.18 Å². The largest absolute Gasteiger partial charge is 0.351 e. The summed E-state index contributed by atoms with van der Waals surface area (Å²) >= 11 is 0. The van der Waals surface area contributed by atoms with Crippen LogP contribution in [0.5, 0.6) is 0 Å². The summed E-state index contributed by atoms with van der Waals surface area (Å²) in [6, 6.07) is 6.13. The van der Waals surface area contributed by atoms with E-state index in [2.05, 4.69) is 20.6 Å². The molecule has 3 rings (SSSR count). The number of benzene rings is 1. The number of hydrogen-bond donors (Lipinski definition) is 1. The number of aryl methyl sites for hydroxylation is 1. The maximum atomic E-state index is 12.9. The second-order valence-corrected chi connectivity index (χ2v) is 5.34. The summed E-state index contributed by atoms with van der Waals surface area (Å²) in [5.41, 5.74) is 1.15. The Morgan fingerprint density at radius 1 is 1.25 bits per heavy atom. The zero-order chi connectivity index (χ0) is 16.8. The smallest absolute Gasteiger partial charge is 0.273 e. The van der Waals surface area contributed by atoms with E-state index in [1.807, 2.05) is 10.8 Å². The van der Waals surface area contributed by atoms with Gasteiger partial charge in [-0.1, -0.05) is 17.3 Å². The monoisotopic (exact) mass is 328 g/mol. The van der Waals surface area contributed by atoms with E-state index in [1.54, 1.807) is 35.5 Å². The Bertz CT molecular complexity index is 781. The van der Waals surface area contributed by atoms with E-state index in [0.29, 0.717) is 13.1 Å². The van der Waals surface area contributed by atoms with Crippen molar-refractivity contribution in [2.75, 3.05) is 6.54 Å². The van der Waals surface area contributed by atoms with Gasteiger partial charge in [0.05, 0.1) is 19.1 Å². The Morgan fingerprint density at radius 3 is 2.83 bits per heavy atom. The van der Waals surface area contributed by atoms with Crippen molar-refractivity contribution in [2.45, 2.75) is 19.5 Å². The molecule has 0 aliphatic heterocycles. The molecule has 1 N–H and O–H groups in total. The first kappa shape index (κ1) is 15.9. The SMILES string of the molecule is O=C(NCCCn1ccnc1)c1cn(Cc2ccc(F)cc2)nn1. The fourth-order valence-electron chi connectivity index (χ4n) is 2.23. The molecule has 1 amide bonds. The van der Waals surface area contributed by atoms with Crippen LogP contribution in [0.15, 0.2) is 49.2 Å². The second kappa shape index (κ2) is 7.49. The zero-order valence-electron chi connectivity index (χ0n) is 13.0. The average Bonchev–Trinajstić information content (AvgIpc) is 3.25. The number of amides is 1. The van der Waals surface area contributed by atoms with Gasteiger partial charge in [0.1, 0.15) is 5.82 Å². The summed E-state index contributed by atoms with van der Waals surface area (Å²) in [7, 11) is 0. The molecule has 3 aromatic rings. The van der Waals surface area contributed by atoms with Crippen LogP contribution in [0.2, 0.25) is 0 Å². The lowest BCUT2D eigenvalue weighted by molar-refractivity contribution is 0.0947. The van der Waals surface area contributed by atoms with Crippen molar-refractivity contribution < 1.29 is 9.18 Å². The molecular formula is C16H17FN6O. The maximum absolute atomic E-state index is 12.9. The Labute approximate surface area is 138 Å². The number of nitrogens with zero attached hydrogens (tertiary/aromatic N) is 5. The summed E-state index contributed by atoms with van der Waals surface area (Å²) in [6.07, 6.45) is 7.71. The van der Waals surface area contributed by atoms with Gasteiger partial charge in [0, 0.05) is 25.5 Å². The number of rotatable bonds is 7. The lowest BCUT2D eigenvalue weighted by Gasteiger charge is -2.03. The van der Waals surface area contributed by atoms with Crippen LogP contribution in [0.3, 0.4) is 0 Å². The van der Waals surface area contributed by atoms with Crippen molar-refractivity contribution in [3.63, 3.8) is 0 Å². The first-order valence-corrected chi connectivity index (χ1v) is 7.59. The van der Waals surface area contributed by atoms with Gasteiger partial charge in [-0.3, -0.25) is 4.79 Å². The van der Waals surface area contributed by atoms with Crippen molar-refractivity contribution in [2.24, 2.45) is 0 Å². The fourth-order valence-corrected chi connectivity index (χ4v) is 2.23. The van der Waals surface area contributed by atoms with Crippen LogP contribution in [0, 0.1) is 5.82 Å². The highest BCUT2D eigenvalue weighted by atomic mass is 19.1. The van der Waals surface area contributed by atoms with Gasteiger partial charge in [0.15, 0.2) is 5.69 Å². The number of carbonyl (C=O) groups is 1. The predicted octanol–water partition coefficient (Wildman–Crippen LogP) is 1.48. The van der Waals surface area contributed by atoms with E-state index < -0.39 is 0 Å².